The highest BCUT2D eigenvalue weighted by atomic mass is 79.9. The molecule has 0 aliphatic carbocycles. The second-order valence-corrected chi connectivity index (χ2v) is 6.79. The standard InChI is InChI=1S/C13H13BrCl2N2O2S/c14-7-1-2-8(10(16)9(7)15)18-12(19)13(11(17)21)3-5-20-6-4-13/h1-2H,3-6H2,(H2,17,21)(H,18,19). The summed E-state index contributed by atoms with van der Waals surface area (Å²) in [4.78, 5) is 12.8. The van der Waals surface area contributed by atoms with Gasteiger partial charge in [-0.3, -0.25) is 4.79 Å². The van der Waals surface area contributed by atoms with Crippen LogP contribution in [0.5, 0.6) is 0 Å². The average molecular weight is 412 g/mol. The lowest BCUT2D eigenvalue weighted by Gasteiger charge is -2.34. The van der Waals surface area contributed by atoms with E-state index in [4.69, 9.17) is 45.9 Å². The van der Waals surface area contributed by atoms with E-state index in [1.807, 2.05) is 0 Å². The minimum Gasteiger partial charge on any atom is -0.392 e. The van der Waals surface area contributed by atoms with Crippen molar-refractivity contribution in [3.8, 4) is 0 Å². The van der Waals surface area contributed by atoms with Crippen LogP contribution >= 0.6 is 51.3 Å². The predicted octanol–water partition coefficient (Wildman–Crippen LogP) is 3.78. The van der Waals surface area contributed by atoms with Crippen LogP contribution in [-0.4, -0.2) is 24.1 Å². The van der Waals surface area contributed by atoms with E-state index in [1.165, 1.54) is 0 Å². The minimum atomic E-state index is -0.906. The number of nitrogens with one attached hydrogen (secondary N) is 1. The Bertz CT molecular complexity index is 592. The summed E-state index contributed by atoms with van der Waals surface area (Å²) in [7, 11) is 0. The van der Waals surface area contributed by atoms with Gasteiger partial charge in [-0.05, 0) is 40.9 Å². The molecule has 2 rings (SSSR count). The zero-order valence-corrected chi connectivity index (χ0v) is 14.8. The molecule has 1 aliphatic rings. The van der Waals surface area contributed by atoms with Crippen LogP contribution < -0.4 is 11.1 Å². The van der Waals surface area contributed by atoms with Gasteiger partial charge in [-0.25, -0.2) is 0 Å². The van der Waals surface area contributed by atoms with Crippen LogP contribution in [0.4, 0.5) is 5.69 Å². The van der Waals surface area contributed by atoms with Crippen LogP contribution in [-0.2, 0) is 9.53 Å². The highest BCUT2D eigenvalue weighted by molar-refractivity contribution is 9.10. The van der Waals surface area contributed by atoms with Gasteiger partial charge < -0.3 is 15.8 Å². The average Bonchev–Trinajstić information content (AvgIpc) is 2.48. The molecule has 4 nitrogen and oxygen atoms in total. The van der Waals surface area contributed by atoms with E-state index < -0.39 is 5.41 Å². The Morgan fingerprint density at radius 3 is 2.52 bits per heavy atom. The van der Waals surface area contributed by atoms with Gasteiger partial charge in [-0.2, -0.15) is 0 Å². The summed E-state index contributed by atoms with van der Waals surface area (Å²) in [5, 5.41) is 3.38. The Morgan fingerprint density at radius 2 is 1.95 bits per heavy atom. The van der Waals surface area contributed by atoms with Crippen LogP contribution in [0.1, 0.15) is 12.8 Å². The molecule has 3 N–H and O–H groups in total. The van der Waals surface area contributed by atoms with Gasteiger partial charge >= 0.3 is 0 Å². The van der Waals surface area contributed by atoms with Gasteiger partial charge in [0.25, 0.3) is 0 Å². The molecule has 21 heavy (non-hydrogen) atoms. The molecular formula is C13H13BrCl2N2O2S. The monoisotopic (exact) mass is 410 g/mol. The van der Waals surface area contributed by atoms with Gasteiger partial charge in [-0.15, -0.1) is 0 Å². The molecule has 0 atom stereocenters. The smallest absolute Gasteiger partial charge is 0.237 e. The highest BCUT2D eigenvalue weighted by Gasteiger charge is 2.43. The summed E-state index contributed by atoms with van der Waals surface area (Å²) in [6.07, 6.45) is 0.909. The zero-order valence-electron chi connectivity index (χ0n) is 10.9. The first-order valence-electron chi connectivity index (χ1n) is 6.21. The van der Waals surface area contributed by atoms with Crippen molar-refractivity contribution in [1.29, 1.82) is 0 Å². The normalized spacial score (nSPS) is 17.3. The van der Waals surface area contributed by atoms with Gasteiger partial charge in [0.1, 0.15) is 5.41 Å². The molecule has 0 saturated carbocycles. The summed E-state index contributed by atoms with van der Waals surface area (Å²) in [5.41, 5.74) is 5.32. The number of thiocarbonyl (C=S) groups is 1. The summed E-state index contributed by atoms with van der Waals surface area (Å²) in [6, 6.07) is 3.38. The van der Waals surface area contributed by atoms with Gasteiger partial charge in [0.05, 0.1) is 20.7 Å². The summed E-state index contributed by atoms with van der Waals surface area (Å²) in [6.45, 7) is 0.888. The number of anilines is 1. The largest absolute Gasteiger partial charge is 0.392 e. The quantitative estimate of drug-likeness (QED) is 0.586. The van der Waals surface area contributed by atoms with E-state index in [1.54, 1.807) is 12.1 Å². The van der Waals surface area contributed by atoms with E-state index in [9.17, 15) is 4.79 Å². The molecule has 0 spiro atoms. The topological polar surface area (TPSA) is 64.4 Å². The van der Waals surface area contributed by atoms with Crippen molar-refractivity contribution < 1.29 is 9.53 Å². The summed E-state index contributed by atoms with van der Waals surface area (Å²) in [5.74, 6) is -0.279. The van der Waals surface area contributed by atoms with E-state index in [-0.39, 0.29) is 15.9 Å². The first-order chi connectivity index (χ1) is 9.88. The molecular weight excluding hydrogens is 399 g/mol. The molecule has 8 heteroatoms. The van der Waals surface area contributed by atoms with Crippen molar-refractivity contribution in [1.82, 2.24) is 0 Å². The molecule has 1 saturated heterocycles. The van der Waals surface area contributed by atoms with Crippen LogP contribution in [0.3, 0.4) is 0 Å². The van der Waals surface area contributed by atoms with Crippen molar-refractivity contribution in [2.75, 3.05) is 18.5 Å². The Kier molecular flexibility index (Phi) is 5.48. The van der Waals surface area contributed by atoms with Gasteiger partial charge in [0.2, 0.25) is 5.91 Å². The maximum Gasteiger partial charge on any atom is 0.237 e. The molecule has 0 aromatic heterocycles. The van der Waals surface area contributed by atoms with E-state index >= 15 is 0 Å². The molecule has 1 aromatic carbocycles. The highest BCUT2D eigenvalue weighted by Crippen LogP contribution is 2.38. The third-order valence-corrected chi connectivity index (χ3v) is 5.70. The number of rotatable bonds is 3. The van der Waals surface area contributed by atoms with Gasteiger partial charge in [0.15, 0.2) is 0 Å². The Labute approximate surface area is 146 Å². The van der Waals surface area contributed by atoms with E-state index in [2.05, 4.69) is 21.2 Å². The molecule has 1 aliphatic heterocycles. The molecule has 114 valence electrons. The van der Waals surface area contributed by atoms with E-state index in [0.717, 1.165) is 0 Å². The lowest BCUT2D eigenvalue weighted by atomic mass is 9.79. The lowest BCUT2D eigenvalue weighted by Crippen LogP contribution is -2.49. The van der Waals surface area contributed by atoms with Crippen LogP contribution in [0, 0.1) is 5.41 Å². The molecule has 1 heterocycles. The first kappa shape index (κ1) is 17.0. The second kappa shape index (κ2) is 6.79. The number of amides is 1. The zero-order chi connectivity index (χ0) is 15.6. The van der Waals surface area contributed by atoms with Gasteiger partial charge in [0, 0.05) is 17.7 Å². The number of halogens is 3. The predicted molar refractivity (Wildman–Crippen MR) is 92.1 cm³/mol. The van der Waals surface area contributed by atoms with Crippen LogP contribution in [0.15, 0.2) is 16.6 Å². The molecule has 0 bridgehead atoms. The Balaban J connectivity index is 2.28. The van der Waals surface area contributed by atoms with Gasteiger partial charge in [-0.1, -0.05) is 35.4 Å². The van der Waals surface area contributed by atoms with E-state index in [0.29, 0.717) is 41.2 Å². The fraction of sp³-hybridized carbons (Fsp3) is 0.385. The second-order valence-electron chi connectivity index (χ2n) is 4.74. The number of hydrogen-bond acceptors (Lipinski definition) is 3. The Hall–Kier alpha value is -0.400. The van der Waals surface area contributed by atoms with Crippen molar-refractivity contribution in [3.05, 3.63) is 26.7 Å². The third kappa shape index (κ3) is 3.35. The Morgan fingerprint density at radius 1 is 1.33 bits per heavy atom. The van der Waals surface area contributed by atoms with Crippen molar-refractivity contribution in [2.24, 2.45) is 11.1 Å². The number of ether oxygens (including phenoxy) is 1. The molecule has 1 fully saturated rings. The number of nitrogens with two attached hydrogens (primary N) is 1. The lowest BCUT2D eigenvalue weighted by molar-refractivity contribution is -0.126. The SMILES string of the molecule is NC(=S)C1(C(=O)Nc2ccc(Br)c(Cl)c2Cl)CCOCC1. The van der Waals surface area contributed by atoms with Crippen molar-refractivity contribution >= 4 is 67.9 Å². The number of hydrogen-bond donors (Lipinski definition) is 2. The fourth-order valence-electron chi connectivity index (χ4n) is 2.17. The fourth-order valence-corrected chi connectivity index (χ4v) is 3.29. The molecule has 1 amide bonds. The first-order valence-corrected chi connectivity index (χ1v) is 8.17. The maximum absolute atomic E-state index is 12.6. The summed E-state index contributed by atoms with van der Waals surface area (Å²) < 4.78 is 5.94. The number of carbonyl (C=O) groups excluding carboxylic acids is 1. The van der Waals surface area contributed by atoms with Crippen LogP contribution in [0.2, 0.25) is 10.0 Å². The van der Waals surface area contributed by atoms with Crippen molar-refractivity contribution in [3.63, 3.8) is 0 Å². The summed E-state index contributed by atoms with van der Waals surface area (Å²) >= 11 is 20.6. The van der Waals surface area contributed by atoms with Crippen molar-refractivity contribution in [2.45, 2.75) is 12.8 Å². The number of benzene rings is 1. The maximum atomic E-state index is 12.6. The molecule has 0 unspecified atom stereocenters. The molecule has 1 aromatic rings. The minimum absolute atomic E-state index is 0.169. The molecule has 0 radical (unpaired) electrons. The number of carbonyl (C=O) groups is 1. The van der Waals surface area contributed by atoms with Crippen LogP contribution in [0.25, 0.3) is 0 Å². The third-order valence-electron chi connectivity index (χ3n) is 3.54.